The van der Waals surface area contributed by atoms with Crippen LogP contribution in [0.15, 0.2) is 18.2 Å². The number of carbonyl (C=O) groups excluding carboxylic acids is 2. The number of nitrogens with one attached hydrogen (secondary N) is 1. The van der Waals surface area contributed by atoms with Gasteiger partial charge in [0.2, 0.25) is 0 Å². The van der Waals surface area contributed by atoms with E-state index in [-0.39, 0.29) is 17.5 Å². The molecule has 0 aromatic heterocycles. The number of carbonyl (C=O) groups is 2. The summed E-state index contributed by atoms with van der Waals surface area (Å²) in [5, 5.41) is 3.32. The molecule has 114 valence electrons. The van der Waals surface area contributed by atoms with Crippen molar-refractivity contribution in [3.63, 3.8) is 0 Å². The van der Waals surface area contributed by atoms with Crippen molar-refractivity contribution in [1.29, 1.82) is 0 Å². The minimum Gasteiger partial charge on any atom is -0.369 e. The smallest absolute Gasteiger partial charge is 0.166 e. The van der Waals surface area contributed by atoms with Gasteiger partial charge < -0.3 is 10.2 Å². The Kier molecular flexibility index (Phi) is 5.12. The van der Waals surface area contributed by atoms with Crippen LogP contribution < -0.4 is 10.2 Å². The molecule has 0 radical (unpaired) electrons. The SMILES string of the molecule is CCC(C)C(=O)c1cc(N2CCNCC2)ccc1C(C)=O. The van der Waals surface area contributed by atoms with Crippen molar-refractivity contribution >= 4 is 17.3 Å². The summed E-state index contributed by atoms with van der Waals surface area (Å²) in [6.45, 7) is 9.19. The lowest BCUT2D eigenvalue weighted by Crippen LogP contribution is -2.43. The zero-order valence-corrected chi connectivity index (χ0v) is 13.1. The molecule has 1 aliphatic heterocycles. The van der Waals surface area contributed by atoms with Crippen molar-refractivity contribution in [2.45, 2.75) is 27.2 Å². The number of piperazine rings is 1. The Balaban J connectivity index is 2.38. The van der Waals surface area contributed by atoms with Crippen LogP contribution in [0.5, 0.6) is 0 Å². The van der Waals surface area contributed by atoms with Gasteiger partial charge in [0, 0.05) is 48.9 Å². The molecule has 1 heterocycles. The summed E-state index contributed by atoms with van der Waals surface area (Å²) in [5.74, 6) is -0.0328. The van der Waals surface area contributed by atoms with Crippen molar-refractivity contribution in [3.8, 4) is 0 Å². The first kappa shape index (κ1) is 15.7. The number of rotatable bonds is 5. The third-order valence-electron chi connectivity index (χ3n) is 4.19. The van der Waals surface area contributed by atoms with Gasteiger partial charge in [-0.2, -0.15) is 0 Å². The fraction of sp³-hybridized carbons (Fsp3) is 0.529. The fourth-order valence-corrected chi connectivity index (χ4v) is 2.61. The lowest BCUT2D eigenvalue weighted by Gasteiger charge is -2.30. The number of nitrogens with zero attached hydrogens (tertiary/aromatic N) is 1. The maximum atomic E-state index is 12.6. The van der Waals surface area contributed by atoms with E-state index in [2.05, 4.69) is 10.2 Å². The van der Waals surface area contributed by atoms with Gasteiger partial charge in [-0.05, 0) is 31.5 Å². The molecular weight excluding hydrogens is 264 g/mol. The van der Waals surface area contributed by atoms with Crippen molar-refractivity contribution < 1.29 is 9.59 Å². The number of anilines is 1. The van der Waals surface area contributed by atoms with Gasteiger partial charge in [-0.3, -0.25) is 9.59 Å². The molecule has 21 heavy (non-hydrogen) atoms. The van der Waals surface area contributed by atoms with Crippen LogP contribution in [-0.4, -0.2) is 37.7 Å². The van der Waals surface area contributed by atoms with Crippen LogP contribution in [0.25, 0.3) is 0 Å². The van der Waals surface area contributed by atoms with Crippen molar-refractivity contribution in [2.24, 2.45) is 5.92 Å². The van der Waals surface area contributed by atoms with Crippen LogP contribution >= 0.6 is 0 Å². The van der Waals surface area contributed by atoms with E-state index >= 15 is 0 Å². The molecule has 4 heteroatoms. The molecule has 1 atom stereocenters. The number of ketones is 2. The first-order chi connectivity index (χ1) is 10.0. The second-order valence-electron chi connectivity index (χ2n) is 5.70. The van der Waals surface area contributed by atoms with Crippen LogP contribution in [0.2, 0.25) is 0 Å². The Morgan fingerprint density at radius 3 is 2.48 bits per heavy atom. The molecule has 0 aliphatic carbocycles. The maximum absolute atomic E-state index is 12.6. The predicted molar refractivity (Wildman–Crippen MR) is 85.3 cm³/mol. The van der Waals surface area contributed by atoms with E-state index in [0.29, 0.717) is 11.1 Å². The number of hydrogen-bond acceptors (Lipinski definition) is 4. The monoisotopic (exact) mass is 288 g/mol. The highest BCUT2D eigenvalue weighted by Crippen LogP contribution is 2.24. The third-order valence-corrected chi connectivity index (χ3v) is 4.19. The van der Waals surface area contributed by atoms with Crippen molar-refractivity contribution in [2.75, 3.05) is 31.1 Å². The Hall–Kier alpha value is -1.68. The normalized spacial score (nSPS) is 16.6. The molecule has 0 saturated carbocycles. The second kappa shape index (κ2) is 6.85. The van der Waals surface area contributed by atoms with Crippen LogP contribution in [-0.2, 0) is 0 Å². The molecule has 1 aromatic rings. The second-order valence-corrected chi connectivity index (χ2v) is 5.70. The quantitative estimate of drug-likeness (QED) is 0.846. The van der Waals surface area contributed by atoms with Gasteiger partial charge in [0.1, 0.15) is 0 Å². The Morgan fingerprint density at radius 2 is 1.90 bits per heavy atom. The number of Topliss-reactive ketones (excluding diaryl/α,β-unsaturated/α-hetero) is 2. The zero-order valence-electron chi connectivity index (χ0n) is 13.1. The van der Waals surface area contributed by atoms with Crippen molar-refractivity contribution in [1.82, 2.24) is 5.32 Å². The van der Waals surface area contributed by atoms with Crippen LogP contribution in [0.3, 0.4) is 0 Å². The number of hydrogen-bond donors (Lipinski definition) is 1. The third kappa shape index (κ3) is 3.50. The zero-order chi connectivity index (χ0) is 15.4. The van der Waals surface area contributed by atoms with Gasteiger partial charge in [0.15, 0.2) is 11.6 Å². The number of benzene rings is 1. The van der Waals surface area contributed by atoms with Gasteiger partial charge in [-0.15, -0.1) is 0 Å². The molecule has 1 N–H and O–H groups in total. The highest BCUT2D eigenvalue weighted by Gasteiger charge is 2.21. The minimum absolute atomic E-state index is 0.0477. The lowest BCUT2D eigenvalue weighted by atomic mass is 9.91. The summed E-state index contributed by atoms with van der Waals surface area (Å²) in [6.07, 6.45) is 0.786. The molecule has 1 aromatic carbocycles. The van der Waals surface area contributed by atoms with Gasteiger partial charge in [-0.25, -0.2) is 0 Å². The summed E-state index contributed by atoms with van der Waals surface area (Å²) in [4.78, 5) is 26.6. The molecule has 1 saturated heterocycles. The van der Waals surface area contributed by atoms with E-state index in [9.17, 15) is 9.59 Å². The summed E-state index contributed by atoms with van der Waals surface area (Å²) in [5.41, 5.74) is 2.15. The first-order valence-electron chi connectivity index (χ1n) is 7.69. The van der Waals surface area contributed by atoms with E-state index in [1.54, 1.807) is 6.07 Å². The molecule has 1 fully saturated rings. The average molecular weight is 288 g/mol. The highest BCUT2D eigenvalue weighted by molar-refractivity contribution is 6.09. The lowest BCUT2D eigenvalue weighted by molar-refractivity contribution is 0.0916. The van der Waals surface area contributed by atoms with Gasteiger partial charge >= 0.3 is 0 Å². The molecule has 4 nitrogen and oxygen atoms in total. The Bertz CT molecular complexity index is 534. The van der Waals surface area contributed by atoms with Gasteiger partial charge in [-0.1, -0.05) is 13.8 Å². The standard InChI is InChI=1S/C17H24N2O2/c1-4-12(2)17(21)16-11-14(5-6-15(16)13(3)20)19-9-7-18-8-10-19/h5-6,11-12,18H,4,7-10H2,1-3H3. The largest absolute Gasteiger partial charge is 0.369 e. The summed E-state index contributed by atoms with van der Waals surface area (Å²) >= 11 is 0. The van der Waals surface area contributed by atoms with Crippen LogP contribution in [0.1, 0.15) is 47.9 Å². The Morgan fingerprint density at radius 1 is 1.24 bits per heavy atom. The fourth-order valence-electron chi connectivity index (χ4n) is 2.61. The predicted octanol–water partition coefficient (Wildman–Crippen LogP) is 2.53. The van der Waals surface area contributed by atoms with Crippen molar-refractivity contribution in [3.05, 3.63) is 29.3 Å². The molecule has 0 bridgehead atoms. The van der Waals surface area contributed by atoms with E-state index < -0.39 is 0 Å². The molecule has 2 rings (SSSR count). The minimum atomic E-state index is -0.0543. The van der Waals surface area contributed by atoms with Gasteiger partial charge in [0.05, 0.1) is 0 Å². The van der Waals surface area contributed by atoms with Crippen LogP contribution in [0.4, 0.5) is 5.69 Å². The first-order valence-corrected chi connectivity index (χ1v) is 7.69. The Labute approximate surface area is 126 Å². The van der Waals surface area contributed by atoms with E-state index in [1.807, 2.05) is 26.0 Å². The summed E-state index contributed by atoms with van der Waals surface area (Å²) in [7, 11) is 0. The molecule has 1 aliphatic rings. The summed E-state index contributed by atoms with van der Waals surface area (Å²) < 4.78 is 0. The van der Waals surface area contributed by atoms with Crippen LogP contribution in [0, 0.1) is 5.92 Å². The average Bonchev–Trinajstić information content (AvgIpc) is 2.53. The molecular formula is C17H24N2O2. The van der Waals surface area contributed by atoms with E-state index in [0.717, 1.165) is 38.3 Å². The molecule has 1 unspecified atom stereocenters. The van der Waals surface area contributed by atoms with E-state index in [4.69, 9.17) is 0 Å². The topological polar surface area (TPSA) is 49.4 Å². The molecule has 0 spiro atoms. The maximum Gasteiger partial charge on any atom is 0.166 e. The summed E-state index contributed by atoms with van der Waals surface area (Å²) in [6, 6.07) is 5.65. The van der Waals surface area contributed by atoms with E-state index in [1.165, 1.54) is 6.92 Å². The highest BCUT2D eigenvalue weighted by atomic mass is 16.1. The molecule has 0 amide bonds. The van der Waals surface area contributed by atoms with Gasteiger partial charge in [0.25, 0.3) is 0 Å².